The van der Waals surface area contributed by atoms with Crippen molar-refractivity contribution < 1.29 is 14.4 Å². The van der Waals surface area contributed by atoms with E-state index >= 15 is 0 Å². The Morgan fingerprint density at radius 1 is 1.03 bits per heavy atom. The standard InChI is InChI=1S/C24H34N4O3/c1-3-8-26-24(31)28-13-11-27(12-14-28)10-9-25-17-21-22(29)15-20(16-23(21)30)19-6-4-18(2)5-7-19/h4-7,17,20,25H,3,8-16H2,1-2H3,(H,26,31). The van der Waals surface area contributed by atoms with Gasteiger partial charge in [-0.15, -0.1) is 0 Å². The Hall–Kier alpha value is -2.67. The summed E-state index contributed by atoms with van der Waals surface area (Å²) in [5.74, 6) is -0.189. The Labute approximate surface area is 184 Å². The molecule has 1 aliphatic heterocycles. The number of nitrogens with one attached hydrogen (secondary N) is 2. The van der Waals surface area contributed by atoms with Crippen LogP contribution in [0, 0.1) is 6.92 Å². The third-order valence-electron chi connectivity index (χ3n) is 6.02. The number of piperazine rings is 1. The van der Waals surface area contributed by atoms with Gasteiger partial charge in [0.15, 0.2) is 11.6 Å². The monoisotopic (exact) mass is 426 g/mol. The van der Waals surface area contributed by atoms with Crippen LogP contribution in [-0.4, -0.2) is 73.2 Å². The van der Waals surface area contributed by atoms with Crippen LogP contribution in [0.15, 0.2) is 36.0 Å². The van der Waals surface area contributed by atoms with Gasteiger partial charge in [-0.2, -0.15) is 0 Å². The van der Waals surface area contributed by atoms with Gasteiger partial charge in [0.05, 0.1) is 5.57 Å². The van der Waals surface area contributed by atoms with E-state index < -0.39 is 0 Å². The first-order chi connectivity index (χ1) is 15.0. The molecule has 2 N–H and O–H groups in total. The number of amides is 2. The zero-order valence-electron chi connectivity index (χ0n) is 18.7. The second-order valence-electron chi connectivity index (χ2n) is 8.43. The number of Topliss-reactive ketones (excluding diaryl/α,β-unsaturated/α-hetero) is 2. The van der Waals surface area contributed by atoms with E-state index in [1.54, 1.807) is 6.20 Å². The highest BCUT2D eigenvalue weighted by molar-refractivity contribution is 6.22. The zero-order valence-corrected chi connectivity index (χ0v) is 18.7. The molecule has 0 atom stereocenters. The topological polar surface area (TPSA) is 81.8 Å². The van der Waals surface area contributed by atoms with Crippen LogP contribution in [0.5, 0.6) is 0 Å². The number of hydrogen-bond acceptors (Lipinski definition) is 5. The van der Waals surface area contributed by atoms with Crippen molar-refractivity contribution in [1.82, 2.24) is 20.4 Å². The molecule has 2 aliphatic rings. The summed E-state index contributed by atoms with van der Waals surface area (Å²) in [6.45, 7) is 9.33. The fourth-order valence-corrected chi connectivity index (χ4v) is 4.05. The van der Waals surface area contributed by atoms with Crippen LogP contribution in [0.3, 0.4) is 0 Å². The molecule has 31 heavy (non-hydrogen) atoms. The molecule has 2 fully saturated rings. The van der Waals surface area contributed by atoms with Gasteiger partial charge in [0.25, 0.3) is 0 Å². The van der Waals surface area contributed by atoms with Crippen molar-refractivity contribution in [2.24, 2.45) is 0 Å². The van der Waals surface area contributed by atoms with Gasteiger partial charge < -0.3 is 15.5 Å². The molecular weight excluding hydrogens is 392 g/mol. The molecule has 0 spiro atoms. The number of aryl methyl sites for hydroxylation is 1. The maximum atomic E-state index is 12.5. The van der Waals surface area contributed by atoms with Crippen LogP contribution >= 0.6 is 0 Å². The molecule has 1 saturated heterocycles. The SMILES string of the molecule is CCCNC(=O)N1CCN(CCNC=C2C(=O)CC(c3ccc(C)cc3)CC2=O)CC1. The van der Waals surface area contributed by atoms with Crippen LogP contribution in [0.1, 0.15) is 43.2 Å². The smallest absolute Gasteiger partial charge is 0.317 e. The molecule has 0 unspecified atom stereocenters. The van der Waals surface area contributed by atoms with Crippen molar-refractivity contribution in [3.8, 4) is 0 Å². The van der Waals surface area contributed by atoms with Crippen molar-refractivity contribution in [2.45, 2.75) is 39.0 Å². The van der Waals surface area contributed by atoms with Gasteiger partial charge in [0, 0.05) is 64.9 Å². The van der Waals surface area contributed by atoms with Crippen LogP contribution in [-0.2, 0) is 9.59 Å². The highest BCUT2D eigenvalue weighted by Gasteiger charge is 2.31. The number of nitrogens with zero attached hydrogens (tertiary/aromatic N) is 2. The number of urea groups is 1. The molecule has 168 valence electrons. The molecule has 7 nitrogen and oxygen atoms in total. The normalized spacial score (nSPS) is 20.0. The predicted octanol–water partition coefficient (Wildman–Crippen LogP) is 2.22. The third-order valence-corrected chi connectivity index (χ3v) is 6.02. The van der Waals surface area contributed by atoms with Gasteiger partial charge in [0.2, 0.25) is 0 Å². The molecule has 1 aromatic rings. The summed E-state index contributed by atoms with van der Waals surface area (Å²) in [6, 6.07) is 8.09. The van der Waals surface area contributed by atoms with Crippen LogP contribution in [0.25, 0.3) is 0 Å². The minimum Gasteiger partial charge on any atom is -0.389 e. The number of rotatable bonds is 7. The second kappa shape index (κ2) is 11.1. The van der Waals surface area contributed by atoms with Gasteiger partial charge in [-0.1, -0.05) is 36.8 Å². The van der Waals surface area contributed by atoms with Gasteiger partial charge in [-0.3, -0.25) is 14.5 Å². The lowest BCUT2D eigenvalue weighted by molar-refractivity contribution is -0.124. The second-order valence-corrected chi connectivity index (χ2v) is 8.43. The van der Waals surface area contributed by atoms with E-state index in [0.717, 1.165) is 31.6 Å². The zero-order chi connectivity index (χ0) is 22.2. The van der Waals surface area contributed by atoms with Gasteiger partial charge in [-0.25, -0.2) is 4.79 Å². The number of carbonyl (C=O) groups excluding carboxylic acids is 3. The summed E-state index contributed by atoms with van der Waals surface area (Å²) in [6.07, 6.45) is 3.30. The summed E-state index contributed by atoms with van der Waals surface area (Å²) in [5.41, 5.74) is 2.52. The number of carbonyl (C=O) groups is 3. The lowest BCUT2D eigenvalue weighted by Crippen LogP contribution is -2.52. The molecule has 1 aliphatic carbocycles. The highest BCUT2D eigenvalue weighted by Crippen LogP contribution is 2.31. The van der Waals surface area contributed by atoms with E-state index in [1.165, 1.54) is 5.56 Å². The van der Waals surface area contributed by atoms with Gasteiger partial charge in [0.1, 0.15) is 0 Å². The van der Waals surface area contributed by atoms with E-state index in [9.17, 15) is 14.4 Å². The van der Waals surface area contributed by atoms with Crippen LogP contribution in [0.2, 0.25) is 0 Å². The summed E-state index contributed by atoms with van der Waals surface area (Å²) in [5, 5.41) is 6.06. The van der Waals surface area contributed by atoms with Crippen molar-refractivity contribution in [2.75, 3.05) is 45.8 Å². The molecule has 7 heteroatoms. The van der Waals surface area contributed by atoms with E-state index in [1.807, 2.05) is 43.0 Å². The average Bonchev–Trinajstić information content (AvgIpc) is 2.77. The fraction of sp³-hybridized carbons (Fsp3) is 0.542. The van der Waals surface area contributed by atoms with Crippen molar-refractivity contribution >= 4 is 17.6 Å². The lowest BCUT2D eigenvalue weighted by atomic mass is 9.80. The molecular formula is C24H34N4O3. The minimum absolute atomic E-state index is 0.0163. The Kier molecular flexibility index (Phi) is 8.23. The van der Waals surface area contributed by atoms with E-state index in [2.05, 4.69) is 15.5 Å². The molecule has 1 heterocycles. The number of ketones is 2. The van der Waals surface area contributed by atoms with Gasteiger partial charge in [-0.05, 0) is 24.8 Å². The maximum absolute atomic E-state index is 12.5. The van der Waals surface area contributed by atoms with Gasteiger partial charge >= 0.3 is 6.03 Å². The molecule has 1 aromatic carbocycles. The fourth-order valence-electron chi connectivity index (χ4n) is 4.05. The van der Waals surface area contributed by atoms with E-state index in [4.69, 9.17) is 0 Å². The number of hydrogen-bond donors (Lipinski definition) is 2. The van der Waals surface area contributed by atoms with Crippen molar-refractivity contribution in [3.05, 3.63) is 47.2 Å². The van der Waals surface area contributed by atoms with Crippen LogP contribution in [0.4, 0.5) is 4.79 Å². The largest absolute Gasteiger partial charge is 0.389 e. The Morgan fingerprint density at radius 3 is 2.29 bits per heavy atom. The van der Waals surface area contributed by atoms with Crippen molar-refractivity contribution in [3.63, 3.8) is 0 Å². The summed E-state index contributed by atoms with van der Waals surface area (Å²) >= 11 is 0. The number of benzene rings is 1. The van der Waals surface area contributed by atoms with Crippen molar-refractivity contribution in [1.29, 1.82) is 0 Å². The lowest BCUT2D eigenvalue weighted by Gasteiger charge is -2.34. The molecule has 2 amide bonds. The molecule has 3 rings (SSSR count). The van der Waals surface area contributed by atoms with E-state index in [-0.39, 0.29) is 23.5 Å². The Balaban J connectivity index is 1.40. The summed E-state index contributed by atoms with van der Waals surface area (Å²) in [7, 11) is 0. The first-order valence-electron chi connectivity index (χ1n) is 11.3. The highest BCUT2D eigenvalue weighted by atomic mass is 16.2. The third kappa shape index (κ3) is 6.40. The first-order valence-corrected chi connectivity index (χ1v) is 11.3. The minimum atomic E-state index is -0.0824. The number of allylic oxidation sites excluding steroid dienone is 1. The first kappa shape index (κ1) is 23.0. The average molecular weight is 427 g/mol. The summed E-state index contributed by atoms with van der Waals surface area (Å²) < 4.78 is 0. The quantitative estimate of drug-likeness (QED) is 0.397. The molecule has 0 radical (unpaired) electrons. The Bertz CT molecular complexity index is 791. The molecule has 1 saturated carbocycles. The Morgan fingerprint density at radius 2 is 1.68 bits per heavy atom. The molecule has 0 bridgehead atoms. The summed E-state index contributed by atoms with van der Waals surface area (Å²) in [4.78, 5) is 41.2. The van der Waals surface area contributed by atoms with E-state index in [0.29, 0.717) is 44.6 Å². The predicted molar refractivity (Wildman–Crippen MR) is 121 cm³/mol. The maximum Gasteiger partial charge on any atom is 0.317 e. The molecule has 0 aromatic heterocycles. The van der Waals surface area contributed by atoms with Crippen LogP contribution < -0.4 is 10.6 Å².